The molecule has 1 atom stereocenters. The molecule has 0 bridgehead atoms. The highest BCUT2D eigenvalue weighted by Crippen LogP contribution is 2.19. The van der Waals surface area contributed by atoms with E-state index in [1.165, 1.54) is 29.5 Å². The Balaban J connectivity index is 1.88. The summed E-state index contributed by atoms with van der Waals surface area (Å²) in [5.74, 6) is 0. The van der Waals surface area contributed by atoms with Gasteiger partial charge in [-0.2, -0.15) is 0 Å². The highest BCUT2D eigenvalue weighted by molar-refractivity contribution is 5.22. The SMILES string of the molecule is CCNC(CCCc1ccc(C)cc1)c1ccccc1. The summed E-state index contributed by atoms with van der Waals surface area (Å²) in [5, 5.41) is 3.59. The van der Waals surface area contributed by atoms with Crippen molar-refractivity contribution in [1.29, 1.82) is 0 Å². The van der Waals surface area contributed by atoms with Crippen LogP contribution in [0.1, 0.15) is 42.5 Å². The van der Waals surface area contributed by atoms with E-state index in [9.17, 15) is 0 Å². The molecule has 0 fully saturated rings. The van der Waals surface area contributed by atoms with E-state index in [4.69, 9.17) is 0 Å². The van der Waals surface area contributed by atoms with Crippen LogP contribution >= 0.6 is 0 Å². The third-order valence-electron chi connectivity index (χ3n) is 3.73. The van der Waals surface area contributed by atoms with Gasteiger partial charge in [0.15, 0.2) is 0 Å². The van der Waals surface area contributed by atoms with Crippen LogP contribution in [0, 0.1) is 6.92 Å². The Hall–Kier alpha value is -1.60. The zero-order valence-electron chi connectivity index (χ0n) is 12.6. The van der Waals surface area contributed by atoms with Crippen LogP contribution in [0.15, 0.2) is 54.6 Å². The number of hydrogen-bond donors (Lipinski definition) is 1. The molecular formula is C19H25N. The molecule has 0 aliphatic rings. The lowest BCUT2D eigenvalue weighted by molar-refractivity contribution is 0.498. The highest BCUT2D eigenvalue weighted by atomic mass is 14.9. The van der Waals surface area contributed by atoms with Crippen LogP contribution in [0.4, 0.5) is 0 Å². The average Bonchev–Trinajstić information content (AvgIpc) is 2.49. The second kappa shape index (κ2) is 7.86. The fraction of sp³-hybridized carbons (Fsp3) is 0.368. The predicted molar refractivity (Wildman–Crippen MR) is 87.0 cm³/mol. The molecule has 0 saturated heterocycles. The first-order valence-electron chi connectivity index (χ1n) is 7.63. The third-order valence-corrected chi connectivity index (χ3v) is 3.73. The summed E-state index contributed by atoms with van der Waals surface area (Å²) < 4.78 is 0. The van der Waals surface area contributed by atoms with Gasteiger partial charge in [-0.1, -0.05) is 67.1 Å². The molecular weight excluding hydrogens is 242 g/mol. The third kappa shape index (κ3) is 4.50. The number of nitrogens with one attached hydrogen (secondary N) is 1. The van der Waals surface area contributed by atoms with Crippen molar-refractivity contribution in [2.24, 2.45) is 0 Å². The van der Waals surface area contributed by atoms with Crippen molar-refractivity contribution in [3.8, 4) is 0 Å². The Morgan fingerprint density at radius 2 is 1.65 bits per heavy atom. The van der Waals surface area contributed by atoms with Gasteiger partial charge in [0.05, 0.1) is 0 Å². The Morgan fingerprint density at radius 3 is 2.30 bits per heavy atom. The van der Waals surface area contributed by atoms with Gasteiger partial charge in [-0.3, -0.25) is 0 Å². The molecule has 0 aliphatic heterocycles. The summed E-state index contributed by atoms with van der Waals surface area (Å²) in [6, 6.07) is 20.2. The van der Waals surface area contributed by atoms with Crippen LogP contribution in [0.2, 0.25) is 0 Å². The summed E-state index contributed by atoms with van der Waals surface area (Å²) >= 11 is 0. The van der Waals surface area contributed by atoms with Gasteiger partial charge in [0.2, 0.25) is 0 Å². The van der Waals surface area contributed by atoms with Gasteiger partial charge in [0.1, 0.15) is 0 Å². The van der Waals surface area contributed by atoms with Crippen LogP contribution in [0.25, 0.3) is 0 Å². The maximum atomic E-state index is 3.59. The molecule has 0 heterocycles. The van der Waals surface area contributed by atoms with Crippen molar-refractivity contribution in [3.05, 3.63) is 71.3 Å². The lowest BCUT2D eigenvalue weighted by atomic mass is 9.98. The summed E-state index contributed by atoms with van der Waals surface area (Å²) in [6.07, 6.45) is 3.57. The van der Waals surface area contributed by atoms with Crippen molar-refractivity contribution < 1.29 is 0 Å². The molecule has 2 rings (SSSR count). The van der Waals surface area contributed by atoms with Gasteiger partial charge in [-0.15, -0.1) is 0 Å². The molecule has 0 radical (unpaired) electrons. The molecule has 20 heavy (non-hydrogen) atoms. The predicted octanol–water partition coefficient (Wildman–Crippen LogP) is 4.67. The number of benzene rings is 2. The Kier molecular flexibility index (Phi) is 5.82. The van der Waals surface area contributed by atoms with E-state index in [-0.39, 0.29) is 0 Å². The van der Waals surface area contributed by atoms with Crippen LogP contribution in [0.3, 0.4) is 0 Å². The van der Waals surface area contributed by atoms with Gasteiger partial charge in [-0.05, 0) is 43.9 Å². The van der Waals surface area contributed by atoms with E-state index >= 15 is 0 Å². The zero-order chi connectivity index (χ0) is 14.2. The van der Waals surface area contributed by atoms with Crippen molar-refractivity contribution in [1.82, 2.24) is 5.32 Å². The first-order chi connectivity index (χ1) is 9.79. The van der Waals surface area contributed by atoms with E-state index in [0.717, 1.165) is 13.0 Å². The normalized spacial score (nSPS) is 12.3. The van der Waals surface area contributed by atoms with E-state index in [1.807, 2.05) is 0 Å². The maximum Gasteiger partial charge on any atom is 0.0320 e. The molecule has 1 N–H and O–H groups in total. The molecule has 0 aliphatic carbocycles. The van der Waals surface area contributed by atoms with Crippen molar-refractivity contribution in [3.63, 3.8) is 0 Å². The summed E-state index contributed by atoms with van der Waals surface area (Å²) in [5.41, 5.74) is 4.18. The molecule has 0 amide bonds. The lowest BCUT2D eigenvalue weighted by Gasteiger charge is -2.18. The fourth-order valence-corrected chi connectivity index (χ4v) is 2.58. The number of aryl methyl sites for hydroxylation is 2. The highest BCUT2D eigenvalue weighted by Gasteiger charge is 2.09. The molecule has 106 valence electrons. The minimum atomic E-state index is 0.478. The molecule has 1 unspecified atom stereocenters. The van der Waals surface area contributed by atoms with Gasteiger partial charge in [0, 0.05) is 6.04 Å². The molecule has 1 heteroatoms. The topological polar surface area (TPSA) is 12.0 Å². The summed E-state index contributed by atoms with van der Waals surface area (Å²) in [7, 11) is 0. The fourth-order valence-electron chi connectivity index (χ4n) is 2.58. The second-order valence-corrected chi connectivity index (χ2v) is 5.40. The Morgan fingerprint density at radius 1 is 0.950 bits per heavy atom. The Bertz CT molecular complexity index is 487. The van der Waals surface area contributed by atoms with Gasteiger partial charge < -0.3 is 5.32 Å². The smallest absolute Gasteiger partial charge is 0.0320 e. The second-order valence-electron chi connectivity index (χ2n) is 5.40. The van der Waals surface area contributed by atoms with E-state index in [0.29, 0.717) is 6.04 Å². The van der Waals surface area contributed by atoms with Crippen LogP contribution in [0.5, 0.6) is 0 Å². The largest absolute Gasteiger partial charge is 0.310 e. The quantitative estimate of drug-likeness (QED) is 0.768. The van der Waals surface area contributed by atoms with E-state index < -0.39 is 0 Å². The van der Waals surface area contributed by atoms with Crippen LogP contribution in [-0.4, -0.2) is 6.54 Å². The minimum absolute atomic E-state index is 0.478. The molecule has 2 aromatic rings. The average molecular weight is 267 g/mol. The van der Waals surface area contributed by atoms with Crippen LogP contribution in [-0.2, 0) is 6.42 Å². The molecule has 0 spiro atoms. The van der Waals surface area contributed by atoms with Gasteiger partial charge in [-0.25, -0.2) is 0 Å². The standard InChI is InChI=1S/C19H25N/c1-3-20-19(18-9-5-4-6-10-18)11-7-8-17-14-12-16(2)13-15-17/h4-6,9-10,12-15,19-20H,3,7-8,11H2,1-2H3. The molecule has 2 aromatic carbocycles. The number of rotatable bonds is 7. The maximum absolute atomic E-state index is 3.59. The monoisotopic (exact) mass is 267 g/mol. The van der Waals surface area contributed by atoms with Crippen molar-refractivity contribution >= 4 is 0 Å². The van der Waals surface area contributed by atoms with Crippen LogP contribution < -0.4 is 5.32 Å². The number of hydrogen-bond acceptors (Lipinski definition) is 1. The molecule has 1 nitrogen and oxygen atoms in total. The van der Waals surface area contributed by atoms with Crippen molar-refractivity contribution in [2.75, 3.05) is 6.54 Å². The molecule has 0 saturated carbocycles. The van der Waals surface area contributed by atoms with E-state index in [1.54, 1.807) is 0 Å². The van der Waals surface area contributed by atoms with Crippen molar-refractivity contribution in [2.45, 2.75) is 39.2 Å². The first-order valence-corrected chi connectivity index (χ1v) is 7.63. The summed E-state index contributed by atoms with van der Waals surface area (Å²) in [4.78, 5) is 0. The van der Waals surface area contributed by atoms with E-state index in [2.05, 4.69) is 73.8 Å². The van der Waals surface area contributed by atoms with Gasteiger partial charge in [0.25, 0.3) is 0 Å². The summed E-state index contributed by atoms with van der Waals surface area (Å²) in [6.45, 7) is 5.33. The van der Waals surface area contributed by atoms with Gasteiger partial charge >= 0.3 is 0 Å². The molecule has 0 aromatic heterocycles. The first kappa shape index (κ1) is 14.8. The Labute approximate surface area is 123 Å². The zero-order valence-corrected chi connectivity index (χ0v) is 12.6. The minimum Gasteiger partial charge on any atom is -0.310 e. The lowest BCUT2D eigenvalue weighted by Crippen LogP contribution is -2.20.